The summed E-state index contributed by atoms with van der Waals surface area (Å²) in [7, 11) is 0. The number of esters is 1. The van der Waals surface area contributed by atoms with Crippen molar-refractivity contribution >= 4 is 50.5 Å². The number of ether oxygens (including phenoxy) is 1. The Balaban J connectivity index is 1.43. The van der Waals surface area contributed by atoms with Crippen LogP contribution in [0.4, 0.5) is 0 Å². The van der Waals surface area contributed by atoms with E-state index in [1.54, 1.807) is 11.3 Å². The van der Waals surface area contributed by atoms with Crippen LogP contribution in [-0.2, 0) is 22.6 Å². The highest BCUT2D eigenvalue weighted by atomic mass is 35.5. The molecule has 7 heteroatoms. The molecule has 2 aromatic heterocycles. The molecule has 0 spiro atoms. The van der Waals surface area contributed by atoms with E-state index in [4.69, 9.17) is 16.3 Å². The van der Waals surface area contributed by atoms with Gasteiger partial charge in [0.1, 0.15) is 11.6 Å². The highest BCUT2D eigenvalue weighted by molar-refractivity contribution is 7.18. The van der Waals surface area contributed by atoms with Crippen LogP contribution in [0, 0.1) is 20.8 Å². The molecule has 0 amide bonds. The Morgan fingerprint density at radius 1 is 1.07 bits per heavy atom. The molecule has 0 bridgehead atoms. The van der Waals surface area contributed by atoms with Crippen LogP contribution in [0.2, 0.25) is 5.02 Å². The number of fused-ring (bicyclic) bond motifs is 1. The molecule has 0 aliphatic rings. The standard InChI is InChI=1S/C22H19ClN2O2S2/c1-12-8-16(23)5-6-17(12)22-24-13(2)20(29-22)10-21(26)27-11-15-4-7-19-18(9-15)25-14(3)28-19/h4-9H,10-11H2,1-3H3. The average Bonchev–Trinajstić information content (AvgIpc) is 3.21. The average molecular weight is 443 g/mol. The zero-order valence-electron chi connectivity index (χ0n) is 16.3. The second-order valence-corrected chi connectivity index (χ2v) is 9.61. The van der Waals surface area contributed by atoms with E-state index < -0.39 is 0 Å². The zero-order chi connectivity index (χ0) is 20.5. The van der Waals surface area contributed by atoms with E-state index in [1.165, 1.54) is 11.3 Å². The van der Waals surface area contributed by atoms with Crippen LogP contribution in [0.5, 0.6) is 0 Å². The lowest BCUT2D eigenvalue weighted by molar-refractivity contribution is -0.144. The molecule has 0 aliphatic carbocycles. The van der Waals surface area contributed by atoms with Gasteiger partial charge >= 0.3 is 5.97 Å². The molecule has 29 heavy (non-hydrogen) atoms. The molecule has 0 saturated heterocycles. The number of thiazole rings is 2. The highest BCUT2D eigenvalue weighted by Crippen LogP contribution is 2.32. The summed E-state index contributed by atoms with van der Waals surface area (Å²) in [6.07, 6.45) is 0.216. The summed E-state index contributed by atoms with van der Waals surface area (Å²) in [4.78, 5) is 22.4. The zero-order valence-corrected chi connectivity index (χ0v) is 18.7. The number of hydrogen-bond donors (Lipinski definition) is 0. The van der Waals surface area contributed by atoms with E-state index in [1.807, 2.05) is 57.2 Å². The van der Waals surface area contributed by atoms with Gasteiger partial charge in [0.2, 0.25) is 0 Å². The van der Waals surface area contributed by atoms with Gasteiger partial charge in [0.25, 0.3) is 0 Å². The molecule has 0 N–H and O–H groups in total. The van der Waals surface area contributed by atoms with Gasteiger partial charge in [0.05, 0.1) is 27.3 Å². The minimum absolute atomic E-state index is 0.216. The third-order valence-electron chi connectivity index (χ3n) is 4.58. The Bertz CT molecular complexity index is 1210. The monoisotopic (exact) mass is 442 g/mol. The number of carbonyl (C=O) groups is 1. The van der Waals surface area contributed by atoms with Crippen molar-refractivity contribution in [1.29, 1.82) is 0 Å². The van der Waals surface area contributed by atoms with Crippen molar-refractivity contribution in [3.63, 3.8) is 0 Å². The van der Waals surface area contributed by atoms with Gasteiger partial charge in [-0.3, -0.25) is 4.79 Å². The van der Waals surface area contributed by atoms with Crippen molar-refractivity contribution < 1.29 is 9.53 Å². The first-order chi connectivity index (χ1) is 13.9. The number of aryl methyl sites for hydroxylation is 3. The fourth-order valence-corrected chi connectivity index (χ4v) is 5.27. The molecule has 0 atom stereocenters. The maximum atomic E-state index is 12.4. The molecular weight excluding hydrogens is 424 g/mol. The molecule has 0 saturated carbocycles. The predicted octanol–water partition coefficient (Wildman–Crippen LogP) is 6.28. The van der Waals surface area contributed by atoms with Crippen LogP contribution in [0.1, 0.15) is 26.7 Å². The van der Waals surface area contributed by atoms with Crippen LogP contribution >= 0.6 is 34.3 Å². The SMILES string of the molecule is Cc1nc2cc(COC(=O)Cc3sc(-c4ccc(Cl)cc4C)nc3C)ccc2s1. The first kappa shape index (κ1) is 20.0. The van der Waals surface area contributed by atoms with Gasteiger partial charge in [-0.1, -0.05) is 23.7 Å². The summed E-state index contributed by atoms with van der Waals surface area (Å²) >= 11 is 9.23. The van der Waals surface area contributed by atoms with Gasteiger partial charge in [-0.2, -0.15) is 0 Å². The number of benzene rings is 2. The molecule has 0 fully saturated rings. The topological polar surface area (TPSA) is 52.1 Å². The lowest BCUT2D eigenvalue weighted by Gasteiger charge is -2.04. The molecule has 148 valence electrons. The summed E-state index contributed by atoms with van der Waals surface area (Å²) in [5.41, 5.74) is 4.84. The number of aromatic nitrogens is 2. The fraction of sp³-hybridized carbons (Fsp3) is 0.227. The molecule has 4 nitrogen and oxygen atoms in total. The second kappa shape index (κ2) is 8.22. The summed E-state index contributed by atoms with van der Waals surface area (Å²) in [6, 6.07) is 11.7. The first-order valence-electron chi connectivity index (χ1n) is 9.13. The van der Waals surface area contributed by atoms with Crippen LogP contribution in [0.15, 0.2) is 36.4 Å². The number of carbonyl (C=O) groups excluding carboxylic acids is 1. The van der Waals surface area contributed by atoms with Crippen molar-refractivity contribution in [2.45, 2.75) is 33.8 Å². The van der Waals surface area contributed by atoms with Gasteiger partial charge in [0, 0.05) is 15.5 Å². The van der Waals surface area contributed by atoms with E-state index in [0.29, 0.717) is 5.02 Å². The van der Waals surface area contributed by atoms with Crippen molar-refractivity contribution in [2.24, 2.45) is 0 Å². The maximum Gasteiger partial charge on any atom is 0.311 e. The normalized spacial score (nSPS) is 11.2. The van der Waals surface area contributed by atoms with Crippen molar-refractivity contribution in [1.82, 2.24) is 9.97 Å². The minimum Gasteiger partial charge on any atom is -0.461 e. The Hall–Kier alpha value is -2.28. The molecular formula is C22H19ClN2O2S2. The second-order valence-electron chi connectivity index (χ2n) is 6.86. The van der Waals surface area contributed by atoms with Crippen molar-refractivity contribution in [3.05, 3.63) is 68.1 Å². The molecule has 4 aromatic rings. The van der Waals surface area contributed by atoms with E-state index in [9.17, 15) is 4.79 Å². The lowest BCUT2D eigenvalue weighted by Crippen LogP contribution is -2.07. The first-order valence-corrected chi connectivity index (χ1v) is 11.1. The third kappa shape index (κ3) is 4.50. The largest absolute Gasteiger partial charge is 0.461 e. The van der Waals surface area contributed by atoms with Crippen LogP contribution < -0.4 is 0 Å². The summed E-state index contributed by atoms with van der Waals surface area (Å²) < 4.78 is 6.64. The summed E-state index contributed by atoms with van der Waals surface area (Å²) in [5.74, 6) is -0.259. The Kier molecular flexibility index (Phi) is 5.67. The number of hydrogen-bond acceptors (Lipinski definition) is 6. The van der Waals surface area contributed by atoms with Gasteiger partial charge in [-0.15, -0.1) is 22.7 Å². The van der Waals surface area contributed by atoms with Gasteiger partial charge in [0.15, 0.2) is 0 Å². The van der Waals surface area contributed by atoms with Crippen LogP contribution in [0.25, 0.3) is 20.8 Å². The number of halogens is 1. The number of nitrogens with zero attached hydrogens (tertiary/aromatic N) is 2. The van der Waals surface area contributed by atoms with E-state index >= 15 is 0 Å². The predicted molar refractivity (Wildman–Crippen MR) is 120 cm³/mol. The van der Waals surface area contributed by atoms with Crippen molar-refractivity contribution in [3.8, 4) is 10.6 Å². The highest BCUT2D eigenvalue weighted by Gasteiger charge is 2.15. The molecule has 2 aromatic carbocycles. The molecule has 0 radical (unpaired) electrons. The van der Waals surface area contributed by atoms with E-state index in [2.05, 4.69) is 9.97 Å². The molecule has 2 heterocycles. The van der Waals surface area contributed by atoms with Crippen LogP contribution in [0.3, 0.4) is 0 Å². The Labute approximate surface area is 182 Å². The quantitative estimate of drug-likeness (QED) is 0.341. The maximum absolute atomic E-state index is 12.4. The summed E-state index contributed by atoms with van der Waals surface area (Å²) in [6.45, 7) is 6.16. The lowest BCUT2D eigenvalue weighted by atomic mass is 10.1. The Morgan fingerprint density at radius 2 is 1.90 bits per heavy atom. The molecule has 0 unspecified atom stereocenters. The van der Waals surface area contributed by atoms with Gasteiger partial charge in [-0.05, 0) is 56.2 Å². The van der Waals surface area contributed by atoms with Gasteiger partial charge < -0.3 is 4.74 Å². The third-order valence-corrected chi connectivity index (χ3v) is 6.95. The molecule has 4 rings (SSSR count). The fourth-order valence-electron chi connectivity index (χ4n) is 3.10. The minimum atomic E-state index is -0.259. The smallest absolute Gasteiger partial charge is 0.311 e. The van der Waals surface area contributed by atoms with E-state index in [0.717, 1.165) is 47.5 Å². The van der Waals surface area contributed by atoms with E-state index in [-0.39, 0.29) is 19.0 Å². The van der Waals surface area contributed by atoms with Gasteiger partial charge in [-0.25, -0.2) is 9.97 Å². The van der Waals surface area contributed by atoms with Crippen LogP contribution in [-0.4, -0.2) is 15.9 Å². The Morgan fingerprint density at radius 3 is 2.69 bits per heavy atom. The number of rotatable bonds is 5. The van der Waals surface area contributed by atoms with Crippen molar-refractivity contribution in [2.75, 3.05) is 0 Å². The summed E-state index contributed by atoms with van der Waals surface area (Å²) in [5, 5.41) is 2.62. The molecule has 0 aliphatic heterocycles.